The van der Waals surface area contributed by atoms with Crippen LogP contribution in [-0.2, 0) is 0 Å². The largest absolute Gasteiger partial charge is 0.494 e. The Balaban J connectivity index is 1.84. The third kappa shape index (κ3) is 3.97. The molecule has 1 aliphatic carbocycles. The van der Waals surface area contributed by atoms with Crippen LogP contribution in [0.2, 0.25) is 0 Å². The van der Waals surface area contributed by atoms with E-state index in [-0.39, 0.29) is 11.9 Å². The molecule has 0 spiro atoms. The molecule has 1 fully saturated rings. The smallest absolute Gasteiger partial charge is 0.251 e. The van der Waals surface area contributed by atoms with Crippen LogP contribution in [0.25, 0.3) is 0 Å². The fourth-order valence-electron chi connectivity index (χ4n) is 2.68. The molecule has 4 heteroatoms. The van der Waals surface area contributed by atoms with E-state index in [1.165, 1.54) is 12.8 Å². The summed E-state index contributed by atoms with van der Waals surface area (Å²) in [7, 11) is 0. The Bertz CT molecular complexity index is 431. The lowest BCUT2D eigenvalue weighted by molar-refractivity contribution is 0.0941. The Morgan fingerprint density at radius 1 is 1.30 bits per heavy atom. The number of carbonyl (C=O) groups excluding carboxylic acids is 1. The van der Waals surface area contributed by atoms with Crippen molar-refractivity contribution in [2.75, 3.05) is 13.2 Å². The molecule has 0 saturated heterocycles. The molecule has 20 heavy (non-hydrogen) atoms. The van der Waals surface area contributed by atoms with Gasteiger partial charge < -0.3 is 15.8 Å². The molecular formula is C16H24N2O2. The highest BCUT2D eigenvalue weighted by Gasteiger charge is 2.22. The molecule has 1 amide bonds. The molecule has 110 valence electrons. The van der Waals surface area contributed by atoms with Crippen molar-refractivity contribution < 1.29 is 9.53 Å². The fraction of sp³-hybridized carbons (Fsp3) is 0.562. The minimum absolute atomic E-state index is 0.0363. The van der Waals surface area contributed by atoms with Gasteiger partial charge in [-0.05, 0) is 49.9 Å². The molecule has 1 aliphatic rings. The number of benzene rings is 1. The third-order valence-corrected chi connectivity index (χ3v) is 3.92. The standard InChI is InChI=1S/C16H24N2O2/c1-2-20-14-9-7-12(8-10-14)16(19)18-11-13-5-3-4-6-15(13)17/h7-10,13,15H,2-6,11,17H2,1H3,(H,18,19). The minimum Gasteiger partial charge on any atom is -0.494 e. The zero-order valence-electron chi connectivity index (χ0n) is 12.1. The molecule has 2 rings (SSSR count). The lowest BCUT2D eigenvalue weighted by atomic mass is 9.85. The summed E-state index contributed by atoms with van der Waals surface area (Å²) >= 11 is 0. The van der Waals surface area contributed by atoms with E-state index in [0.29, 0.717) is 24.6 Å². The summed E-state index contributed by atoms with van der Waals surface area (Å²) in [5, 5.41) is 2.99. The highest BCUT2D eigenvalue weighted by molar-refractivity contribution is 5.94. The number of ether oxygens (including phenoxy) is 1. The first-order valence-electron chi connectivity index (χ1n) is 7.47. The predicted octanol–water partition coefficient (Wildman–Crippen LogP) is 2.33. The zero-order chi connectivity index (χ0) is 14.4. The topological polar surface area (TPSA) is 64.3 Å². The average Bonchev–Trinajstić information content (AvgIpc) is 2.47. The van der Waals surface area contributed by atoms with E-state index in [9.17, 15) is 4.79 Å². The van der Waals surface area contributed by atoms with Crippen molar-refractivity contribution in [1.82, 2.24) is 5.32 Å². The highest BCUT2D eigenvalue weighted by atomic mass is 16.5. The Kier molecular flexibility index (Phi) is 5.41. The monoisotopic (exact) mass is 276 g/mol. The molecule has 0 bridgehead atoms. The first-order chi connectivity index (χ1) is 9.70. The van der Waals surface area contributed by atoms with Gasteiger partial charge in [0.1, 0.15) is 5.75 Å². The zero-order valence-corrected chi connectivity index (χ0v) is 12.1. The molecular weight excluding hydrogens is 252 g/mol. The van der Waals surface area contributed by atoms with E-state index >= 15 is 0 Å². The van der Waals surface area contributed by atoms with E-state index in [4.69, 9.17) is 10.5 Å². The van der Waals surface area contributed by atoms with Crippen LogP contribution in [0.1, 0.15) is 43.0 Å². The molecule has 2 atom stereocenters. The number of carbonyl (C=O) groups is 1. The SMILES string of the molecule is CCOc1ccc(C(=O)NCC2CCCCC2N)cc1. The van der Waals surface area contributed by atoms with Crippen LogP contribution in [0.3, 0.4) is 0 Å². The van der Waals surface area contributed by atoms with Crippen LogP contribution in [0.5, 0.6) is 5.75 Å². The molecule has 0 aliphatic heterocycles. The number of nitrogens with two attached hydrogens (primary N) is 1. The van der Waals surface area contributed by atoms with Gasteiger partial charge in [0.05, 0.1) is 6.61 Å². The van der Waals surface area contributed by atoms with Crippen molar-refractivity contribution in [3.63, 3.8) is 0 Å². The predicted molar refractivity (Wildman–Crippen MR) is 79.9 cm³/mol. The maximum atomic E-state index is 12.1. The second kappa shape index (κ2) is 7.29. The number of hydrogen-bond acceptors (Lipinski definition) is 3. The second-order valence-electron chi connectivity index (χ2n) is 5.38. The van der Waals surface area contributed by atoms with Gasteiger partial charge in [0, 0.05) is 18.2 Å². The summed E-state index contributed by atoms with van der Waals surface area (Å²) in [4.78, 5) is 12.1. The van der Waals surface area contributed by atoms with Crippen LogP contribution >= 0.6 is 0 Å². The molecule has 2 unspecified atom stereocenters. The molecule has 4 nitrogen and oxygen atoms in total. The summed E-state index contributed by atoms with van der Waals surface area (Å²) in [6.45, 7) is 3.24. The summed E-state index contributed by atoms with van der Waals surface area (Å²) in [5.41, 5.74) is 6.75. The van der Waals surface area contributed by atoms with Gasteiger partial charge in [0.25, 0.3) is 5.91 Å². The Hall–Kier alpha value is -1.55. The molecule has 1 aromatic carbocycles. The van der Waals surface area contributed by atoms with E-state index < -0.39 is 0 Å². The number of rotatable bonds is 5. The summed E-state index contributed by atoms with van der Waals surface area (Å²) in [6.07, 6.45) is 4.62. The Labute approximate surface area is 120 Å². The van der Waals surface area contributed by atoms with Gasteiger partial charge >= 0.3 is 0 Å². The van der Waals surface area contributed by atoms with Crippen molar-refractivity contribution in [3.8, 4) is 5.75 Å². The van der Waals surface area contributed by atoms with Crippen molar-refractivity contribution in [3.05, 3.63) is 29.8 Å². The summed E-state index contributed by atoms with van der Waals surface area (Å²) < 4.78 is 5.36. The third-order valence-electron chi connectivity index (χ3n) is 3.92. The lowest BCUT2D eigenvalue weighted by Gasteiger charge is -2.28. The molecule has 0 aromatic heterocycles. The van der Waals surface area contributed by atoms with Gasteiger partial charge in [-0.1, -0.05) is 12.8 Å². The summed E-state index contributed by atoms with van der Waals surface area (Å²) in [6, 6.07) is 7.46. The van der Waals surface area contributed by atoms with Crippen molar-refractivity contribution in [2.45, 2.75) is 38.6 Å². The molecule has 1 saturated carbocycles. The van der Waals surface area contributed by atoms with Gasteiger partial charge in [-0.15, -0.1) is 0 Å². The molecule has 0 heterocycles. The normalized spacial score (nSPS) is 22.3. The Morgan fingerprint density at radius 2 is 2.00 bits per heavy atom. The lowest BCUT2D eigenvalue weighted by Crippen LogP contribution is -2.41. The molecule has 1 aromatic rings. The van der Waals surface area contributed by atoms with Crippen molar-refractivity contribution >= 4 is 5.91 Å². The van der Waals surface area contributed by atoms with Gasteiger partial charge in [0.2, 0.25) is 0 Å². The van der Waals surface area contributed by atoms with Crippen LogP contribution in [0.15, 0.2) is 24.3 Å². The number of hydrogen-bond donors (Lipinski definition) is 2. The minimum atomic E-state index is -0.0363. The van der Waals surface area contributed by atoms with Gasteiger partial charge in [-0.3, -0.25) is 4.79 Å². The maximum Gasteiger partial charge on any atom is 0.251 e. The first kappa shape index (κ1) is 14.9. The van der Waals surface area contributed by atoms with Gasteiger partial charge in [-0.25, -0.2) is 0 Å². The highest BCUT2D eigenvalue weighted by Crippen LogP contribution is 2.22. The van der Waals surface area contributed by atoms with Crippen molar-refractivity contribution in [2.24, 2.45) is 11.7 Å². The number of amides is 1. The first-order valence-corrected chi connectivity index (χ1v) is 7.47. The van der Waals surface area contributed by atoms with E-state index in [1.54, 1.807) is 12.1 Å². The summed E-state index contributed by atoms with van der Waals surface area (Å²) in [5.74, 6) is 1.17. The molecule has 3 N–H and O–H groups in total. The van der Waals surface area contributed by atoms with Gasteiger partial charge in [0.15, 0.2) is 0 Å². The van der Waals surface area contributed by atoms with Crippen LogP contribution in [-0.4, -0.2) is 25.1 Å². The van der Waals surface area contributed by atoms with E-state index in [0.717, 1.165) is 18.6 Å². The maximum absolute atomic E-state index is 12.1. The van der Waals surface area contributed by atoms with Crippen LogP contribution in [0, 0.1) is 5.92 Å². The van der Waals surface area contributed by atoms with Gasteiger partial charge in [-0.2, -0.15) is 0 Å². The van der Waals surface area contributed by atoms with Crippen LogP contribution < -0.4 is 15.8 Å². The quantitative estimate of drug-likeness (QED) is 0.867. The fourth-order valence-corrected chi connectivity index (χ4v) is 2.68. The van der Waals surface area contributed by atoms with Crippen molar-refractivity contribution in [1.29, 1.82) is 0 Å². The van der Waals surface area contributed by atoms with E-state index in [2.05, 4.69) is 5.32 Å². The van der Waals surface area contributed by atoms with E-state index in [1.807, 2.05) is 19.1 Å². The van der Waals surface area contributed by atoms with Crippen LogP contribution in [0.4, 0.5) is 0 Å². The molecule has 0 radical (unpaired) electrons. The average molecular weight is 276 g/mol. The Morgan fingerprint density at radius 3 is 2.65 bits per heavy atom. The number of nitrogens with one attached hydrogen (secondary N) is 1. The second-order valence-corrected chi connectivity index (χ2v) is 5.38.